The maximum atomic E-state index is 12.4. The first-order valence-corrected chi connectivity index (χ1v) is 6.75. The SMILES string of the molecule is CCn1nc(C)c(N)c1C(=O)NC1CCCC1OC. The van der Waals surface area contributed by atoms with Gasteiger partial charge in [0.05, 0.1) is 23.5 Å². The molecule has 0 saturated heterocycles. The lowest BCUT2D eigenvalue weighted by molar-refractivity contribution is 0.0716. The van der Waals surface area contributed by atoms with Crippen LogP contribution in [0.4, 0.5) is 5.69 Å². The first kappa shape index (κ1) is 13.9. The van der Waals surface area contributed by atoms with Crippen molar-refractivity contribution in [3.63, 3.8) is 0 Å². The minimum absolute atomic E-state index is 0.0670. The zero-order valence-electron chi connectivity index (χ0n) is 11.8. The molecular formula is C13H22N4O2. The third-order valence-corrected chi connectivity index (χ3v) is 3.76. The number of aromatic nitrogens is 2. The van der Waals surface area contributed by atoms with E-state index in [0.717, 1.165) is 19.3 Å². The molecule has 1 aromatic heterocycles. The van der Waals surface area contributed by atoms with Gasteiger partial charge in [-0.25, -0.2) is 0 Å². The summed E-state index contributed by atoms with van der Waals surface area (Å²) in [5.41, 5.74) is 7.57. The number of methoxy groups -OCH3 is 1. The molecule has 2 unspecified atom stereocenters. The van der Waals surface area contributed by atoms with Crippen LogP contribution in [-0.2, 0) is 11.3 Å². The van der Waals surface area contributed by atoms with Gasteiger partial charge >= 0.3 is 0 Å². The molecule has 1 heterocycles. The highest BCUT2D eigenvalue weighted by atomic mass is 16.5. The highest BCUT2D eigenvalue weighted by Gasteiger charge is 2.30. The number of anilines is 1. The van der Waals surface area contributed by atoms with E-state index in [1.165, 1.54) is 0 Å². The van der Waals surface area contributed by atoms with E-state index in [4.69, 9.17) is 10.5 Å². The Bertz CT molecular complexity index is 469. The molecule has 0 radical (unpaired) electrons. The Kier molecular flexibility index (Phi) is 4.09. The number of amides is 1. The molecule has 0 bridgehead atoms. The molecule has 19 heavy (non-hydrogen) atoms. The normalized spacial score (nSPS) is 22.7. The number of rotatable bonds is 4. The maximum Gasteiger partial charge on any atom is 0.272 e. The fraction of sp³-hybridized carbons (Fsp3) is 0.692. The van der Waals surface area contributed by atoms with E-state index in [1.54, 1.807) is 11.8 Å². The van der Waals surface area contributed by atoms with Gasteiger partial charge in [-0.05, 0) is 33.1 Å². The highest BCUT2D eigenvalue weighted by molar-refractivity contribution is 5.98. The fourth-order valence-electron chi connectivity index (χ4n) is 2.67. The number of carbonyl (C=O) groups excluding carboxylic acids is 1. The first-order chi connectivity index (χ1) is 9.08. The van der Waals surface area contributed by atoms with Gasteiger partial charge in [-0.2, -0.15) is 5.10 Å². The Labute approximate surface area is 113 Å². The lowest BCUT2D eigenvalue weighted by Gasteiger charge is -2.19. The molecule has 1 saturated carbocycles. The largest absolute Gasteiger partial charge is 0.395 e. The van der Waals surface area contributed by atoms with E-state index < -0.39 is 0 Å². The summed E-state index contributed by atoms with van der Waals surface area (Å²) in [7, 11) is 1.68. The number of carbonyl (C=O) groups is 1. The summed E-state index contributed by atoms with van der Waals surface area (Å²) in [6.45, 7) is 4.38. The van der Waals surface area contributed by atoms with Crippen molar-refractivity contribution in [2.45, 2.75) is 51.8 Å². The molecule has 1 aromatic rings. The zero-order valence-corrected chi connectivity index (χ0v) is 11.8. The fourth-order valence-corrected chi connectivity index (χ4v) is 2.67. The number of hydrogen-bond acceptors (Lipinski definition) is 4. The van der Waals surface area contributed by atoms with Crippen molar-refractivity contribution in [2.24, 2.45) is 0 Å². The summed E-state index contributed by atoms with van der Waals surface area (Å²) in [4.78, 5) is 12.4. The second-order valence-corrected chi connectivity index (χ2v) is 4.95. The van der Waals surface area contributed by atoms with E-state index in [2.05, 4.69) is 10.4 Å². The summed E-state index contributed by atoms with van der Waals surface area (Å²) in [6, 6.07) is 0.0670. The van der Waals surface area contributed by atoms with Gasteiger partial charge in [0.15, 0.2) is 0 Å². The van der Waals surface area contributed by atoms with Crippen molar-refractivity contribution in [1.82, 2.24) is 15.1 Å². The van der Waals surface area contributed by atoms with E-state index in [-0.39, 0.29) is 18.1 Å². The third-order valence-electron chi connectivity index (χ3n) is 3.76. The van der Waals surface area contributed by atoms with Crippen LogP contribution in [0.2, 0.25) is 0 Å². The van der Waals surface area contributed by atoms with Gasteiger partial charge in [0.2, 0.25) is 0 Å². The molecule has 2 rings (SSSR count). The number of nitrogen functional groups attached to an aromatic ring is 1. The lowest BCUT2D eigenvalue weighted by Crippen LogP contribution is -2.41. The van der Waals surface area contributed by atoms with Gasteiger partial charge in [0, 0.05) is 13.7 Å². The number of aryl methyl sites for hydroxylation is 2. The van der Waals surface area contributed by atoms with Crippen LogP contribution in [0.25, 0.3) is 0 Å². The van der Waals surface area contributed by atoms with Crippen LogP contribution in [0.1, 0.15) is 42.4 Å². The quantitative estimate of drug-likeness (QED) is 0.854. The van der Waals surface area contributed by atoms with Gasteiger partial charge in [-0.15, -0.1) is 0 Å². The Morgan fingerprint density at radius 3 is 2.95 bits per heavy atom. The van der Waals surface area contributed by atoms with E-state index in [0.29, 0.717) is 23.6 Å². The summed E-state index contributed by atoms with van der Waals surface area (Å²) >= 11 is 0. The van der Waals surface area contributed by atoms with Crippen molar-refractivity contribution in [3.05, 3.63) is 11.4 Å². The van der Waals surface area contributed by atoms with Crippen LogP contribution < -0.4 is 11.1 Å². The Morgan fingerprint density at radius 1 is 1.58 bits per heavy atom. The third kappa shape index (κ3) is 2.58. The minimum atomic E-state index is -0.158. The Hall–Kier alpha value is -1.56. The molecule has 1 fully saturated rings. The number of hydrogen-bond donors (Lipinski definition) is 2. The molecule has 6 heteroatoms. The average molecular weight is 266 g/mol. The molecule has 106 valence electrons. The predicted octanol–water partition coefficient (Wildman–Crippen LogP) is 1.09. The van der Waals surface area contributed by atoms with Gasteiger partial charge in [-0.1, -0.05) is 0 Å². The second-order valence-electron chi connectivity index (χ2n) is 4.95. The van der Waals surface area contributed by atoms with Crippen molar-refractivity contribution in [2.75, 3.05) is 12.8 Å². The van der Waals surface area contributed by atoms with Crippen LogP contribution in [-0.4, -0.2) is 34.9 Å². The topological polar surface area (TPSA) is 82.2 Å². The van der Waals surface area contributed by atoms with Crippen molar-refractivity contribution < 1.29 is 9.53 Å². The molecule has 1 aliphatic rings. The number of nitrogens with zero attached hydrogens (tertiary/aromatic N) is 2. The minimum Gasteiger partial charge on any atom is -0.395 e. The van der Waals surface area contributed by atoms with Crippen molar-refractivity contribution in [1.29, 1.82) is 0 Å². The van der Waals surface area contributed by atoms with E-state index in [9.17, 15) is 4.79 Å². The second kappa shape index (κ2) is 5.61. The molecule has 0 spiro atoms. The summed E-state index contributed by atoms with van der Waals surface area (Å²) in [6.07, 6.45) is 3.11. The van der Waals surface area contributed by atoms with Gasteiger partial charge in [0.25, 0.3) is 5.91 Å². The van der Waals surface area contributed by atoms with Crippen LogP contribution >= 0.6 is 0 Å². The Balaban J connectivity index is 2.16. The van der Waals surface area contributed by atoms with Crippen molar-refractivity contribution >= 4 is 11.6 Å². The zero-order chi connectivity index (χ0) is 14.0. The van der Waals surface area contributed by atoms with Crippen LogP contribution in [0.3, 0.4) is 0 Å². The molecule has 0 aliphatic heterocycles. The van der Waals surface area contributed by atoms with Crippen LogP contribution in [0, 0.1) is 6.92 Å². The number of nitrogens with one attached hydrogen (secondary N) is 1. The summed E-state index contributed by atoms with van der Waals surface area (Å²) in [5.74, 6) is -0.158. The molecule has 6 nitrogen and oxygen atoms in total. The standard InChI is InChI=1S/C13H22N4O2/c1-4-17-12(11(14)8(2)16-17)13(18)15-9-6-5-7-10(9)19-3/h9-10H,4-7,14H2,1-3H3,(H,15,18). The average Bonchev–Trinajstić information content (AvgIpc) is 2.94. The van der Waals surface area contributed by atoms with Crippen LogP contribution in [0.15, 0.2) is 0 Å². The van der Waals surface area contributed by atoms with Gasteiger partial charge in [0.1, 0.15) is 5.69 Å². The highest BCUT2D eigenvalue weighted by Crippen LogP contribution is 2.23. The molecule has 3 N–H and O–H groups in total. The van der Waals surface area contributed by atoms with Crippen molar-refractivity contribution in [3.8, 4) is 0 Å². The van der Waals surface area contributed by atoms with Crippen LogP contribution in [0.5, 0.6) is 0 Å². The number of nitrogens with two attached hydrogens (primary N) is 1. The molecule has 2 atom stereocenters. The van der Waals surface area contributed by atoms with E-state index in [1.807, 2.05) is 13.8 Å². The number of ether oxygens (including phenoxy) is 1. The first-order valence-electron chi connectivity index (χ1n) is 6.75. The molecule has 0 aromatic carbocycles. The van der Waals surface area contributed by atoms with Gasteiger partial charge < -0.3 is 15.8 Å². The Morgan fingerprint density at radius 2 is 2.32 bits per heavy atom. The maximum absolute atomic E-state index is 12.4. The van der Waals surface area contributed by atoms with Gasteiger partial charge in [-0.3, -0.25) is 9.48 Å². The smallest absolute Gasteiger partial charge is 0.272 e. The predicted molar refractivity (Wildman–Crippen MR) is 73.0 cm³/mol. The molecule has 1 amide bonds. The summed E-state index contributed by atoms with van der Waals surface area (Å²) in [5, 5.41) is 7.28. The van der Waals surface area contributed by atoms with E-state index >= 15 is 0 Å². The monoisotopic (exact) mass is 266 g/mol. The molecular weight excluding hydrogens is 244 g/mol. The lowest BCUT2D eigenvalue weighted by atomic mass is 10.2. The molecule has 1 aliphatic carbocycles. The summed E-state index contributed by atoms with van der Waals surface area (Å²) < 4.78 is 7.03.